The average molecular weight is 340 g/mol. The van der Waals surface area contributed by atoms with Gasteiger partial charge in [-0.25, -0.2) is 4.68 Å². The maximum Gasteiger partial charge on any atom is 0.285 e. The van der Waals surface area contributed by atoms with Crippen LogP contribution in [-0.4, -0.2) is 26.3 Å². The SMILES string of the molecule is C[NH+](Cc1cnn(-c2ccccc2)c1)Cn1cc([N+](=O)[O-])ccc1=O. The normalized spacial score (nSPS) is 12.0. The molecule has 8 heteroatoms. The summed E-state index contributed by atoms with van der Waals surface area (Å²) in [7, 11) is 1.92. The van der Waals surface area contributed by atoms with E-state index >= 15 is 0 Å². The summed E-state index contributed by atoms with van der Waals surface area (Å²) in [6, 6.07) is 12.2. The predicted molar refractivity (Wildman–Crippen MR) is 91.5 cm³/mol. The lowest BCUT2D eigenvalue weighted by Gasteiger charge is -2.14. The number of benzene rings is 1. The first-order valence-corrected chi connectivity index (χ1v) is 7.78. The van der Waals surface area contributed by atoms with Crippen LogP contribution in [0.3, 0.4) is 0 Å². The number of hydrogen-bond donors (Lipinski definition) is 1. The Hall–Kier alpha value is -3.26. The number of nitrogens with one attached hydrogen (secondary N) is 1. The molecule has 1 aromatic carbocycles. The molecule has 1 unspecified atom stereocenters. The molecular formula is C17H18N5O3+. The maximum atomic E-state index is 11.9. The highest BCUT2D eigenvalue weighted by molar-refractivity contribution is 5.30. The van der Waals surface area contributed by atoms with Crippen LogP contribution in [0.4, 0.5) is 5.69 Å². The first-order valence-electron chi connectivity index (χ1n) is 7.78. The maximum absolute atomic E-state index is 11.9. The van der Waals surface area contributed by atoms with Gasteiger partial charge in [-0.1, -0.05) is 18.2 Å². The van der Waals surface area contributed by atoms with Crippen LogP contribution in [0.25, 0.3) is 5.69 Å². The van der Waals surface area contributed by atoms with E-state index in [0.29, 0.717) is 13.2 Å². The van der Waals surface area contributed by atoms with E-state index in [0.717, 1.165) is 16.2 Å². The third kappa shape index (κ3) is 3.99. The number of rotatable bonds is 6. The Bertz CT molecular complexity index is 933. The number of nitrogens with zero attached hydrogens (tertiary/aromatic N) is 4. The Kier molecular flexibility index (Phi) is 4.71. The molecule has 0 aliphatic rings. The van der Waals surface area contributed by atoms with Crippen LogP contribution in [0.5, 0.6) is 0 Å². The van der Waals surface area contributed by atoms with Crippen molar-refractivity contribution in [3.05, 3.63) is 87.1 Å². The Labute approximate surface area is 143 Å². The summed E-state index contributed by atoms with van der Waals surface area (Å²) in [5.74, 6) is 0. The zero-order chi connectivity index (χ0) is 17.8. The number of nitro groups is 1. The van der Waals surface area contributed by atoms with E-state index in [4.69, 9.17) is 0 Å². The van der Waals surface area contributed by atoms with Gasteiger partial charge in [-0.3, -0.25) is 19.5 Å². The van der Waals surface area contributed by atoms with Gasteiger partial charge in [0.25, 0.3) is 11.2 Å². The van der Waals surface area contributed by atoms with E-state index in [1.807, 2.05) is 43.6 Å². The van der Waals surface area contributed by atoms with Gasteiger partial charge in [0.15, 0.2) is 6.67 Å². The third-order valence-electron chi connectivity index (χ3n) is 3.78. The van der Waals surface area contributed by atoms with Crippen LogP contribution < -0.4 is 10.5 Å². The van der Waals surface area contributed by atoms with E-state index in [-0.39, 0.29) is 11.2 Å². The summed E-state index contributed by atoms with van der Waals surface area (Å²) in [6.45, 7) is 0.971. The second-order valence-corrected chi connectivity index (χ2v) is 5.87. The van der Waals surface area contributed by atoms with Crippen molar-refractivity contribution in [2.24, 2.45) is 0 Å². The summed E-state index contributed by atoms with van der Waals surface area (Å²) in [5, 5.41) is 15.2. The van der Waals surface area contributed by atoms with E-state index in [1.165, 1.54) is 22.9 Å². The van der Waals surface area contributed by atoms with Gasteiger partial charge < -0.3 is 4.90 Å². The van der Waals surface area contributed by atoms with Gasteiger partial charge in [0, 0.05) is 23.9 Å². The molecule has 0 spiro atoms. The van der Waals surface area contributed by atoms with Crippen molar-refractivity contribution in [2.75, 3.05) is 7.05 Å². The Morgan fingerprint density at radius 1 is 1.16 bits per heavy atom. The quantitative estimate of drug-likeness (QED) is 0.526. The topological polar surface area (TPSA) is 87.4 Å². The van der Waals surface area contributed by atoms with Gasteiger partial charge in [0.05, 0.1) is 30.1 Å². The number of pyridine rings is 1. The zero-order valence-corrected chi connectivity index (χ0v) is 13.7. The number of hydrogen-bond acceptors (Lipinski definition) is 4. The van der Waals surface area contributed by atoms with Gasteiger partial charge >= 0.3 is 0 Å². The fraction of sp³-hybridized carbons (Fsp3) is 0.176. The summed E-state index contributed by atoms with van der Waals surface area (Å²) >= 11 is 0. The van der Waals surface area contributed by atoms with Crippen LogP contribution in [0.15, 0.2) is 65.8 Å². The fourth-order valence-corrected chi connectivity index (χ4v) is 2.62. The Morgan fingerprint density at radius 2 is 1.92 bits per heavy atom. The lowest BCUT2D eigenvalue weighted by atomic mass is 10.3. The molecular weight excluding hydrogens is 322 g/mol. The van der Waals surface area contributed by atoms with Crippen LogP contribution >= 0.6 is 0 Å². The number of quaternary nitrogens is 1. The number of aromatic nitrogens is 3. The van der Waals surface area contributed by atoms with Crippen LogP contribution in [0.1, 0.15) is 5.56 Å². The molecule has 2 heterocycles. The minimum Gasteiger partial charge on any atom is -0.316 e. The Balaban J connectivity index is 1.70. The summed E-state index contributed by atoms with van der Waals surface area (Å²) in [6.07, 6.45) is 5.00. The highest BCUT2D eigenvalue weighted by atomic mass is 16.6. The van der Waals surface area contributed by atoms with E-state index in [1.54, 1.807) is 10.9 Å². The molecule has 0 fully saturated rings. The Morgan fingerprint density at radius 3 is 2.64 bits per heavy atom. The highest BCUT2D eigenvalue weighted by Gasteiger charge is 2.12. The van der Waals surface area contributed by atoms with Crippen molar-refractivity contribution in [3.8, 4) is 5.69 Å². The molecule has 3 aromatic rings. The lowest BCUT2D eigenvalue weighted by Crippen LogP contribution is -3.07. The zero-order valence-electron chi connectivity index (χ0n) is 13.7. The highest BCUT2D eigenvalue weighted by Crippen LogP contribution is 2.07. The first-order chi connectivity index (χ1) is 12.0. The molecule has 0 amide bonds. The van der Waals surface area contributed by atoms with Crippen molar-refractivity contribution in [3.63, 3.8) is 0 Å². The van der Waals surface area contributed by atoms with Gasteiger partial charge in [-0.15, -0.1) is 0 Å². The van der Waals surface area contributed by atoms with E-state index < -0.39 is 4.92 Å². The molecule has 0 saturated carbocycles. The van der Waals surface area contributed by atoms with Crippen LogP contribution in [0.2, 0.25) is 0 Å². The molecule has 0 aliphatic heterocycles. The smallest absolute Gasteiger partial charge is 0.285 e. The van der Waals surface area contributed by atoms with E-state index in [9.17, 15) is 14.9 Å². The molecule has 128 valence electrons. The van der Waals surface area contributed by atoms with E-state index in [2.05, 4.69) is 5.10 Å². The third-order valence-corrected chi connectivity index (χ3v) is 3.78. The van der Waals surface area contributed by atoms with Crippen LogP contribution in [-0.2, 0) is 13.2 Å². The molecule has 1 atom stereocenters. The molecule has 0 radical (unpaired) electrons. The van der Waals surface area contributed by atoms with Gasteiger partial charge in [0.1, 0.15) is 6.54 Å². The fourth-order valence-electron chi connectivity index (χ4n) is 2.62. The second kappa shape index (κ2) is 7.10. The molecule has 2 aromatic heterocycles. The van der Waals surface area contributed by atoms with Crippen molar-refractivity contribution in [1.82, 2.24) is 14.3 Å². The van der Waals surface area contributed by atoms with Crippen molar-refractivity contribution in [2.45, 2.75) is 13.2 Å². The van der Waals surface area contributed by atoms with Gasteiger partial charge in [-0.05, 0) is 12.1 Å². The number of para-hydroxylation sites is 1. The molecule has 3 rings (SSSR count). The van der Waals surface area contributed by atoms with Gasteiger partial charge in [-0.2, -0.15) is 5.10 Å². The van der Waals surface area contributed by atoms with Gasteiger partial charge in [0.2, 0.25) is 0 Å². The summed E-state index contributed by atoms with van der Waals surface area (Å²) in [4.78, 5) is 23.2. The van der Waals surface area contributed by atoms with Crippen molar-refractivity contribution >= 4 is 5.69 Å². The molecule has 0 bridgehead atoms. The lowest BCUT2D eigenvalue weighted by molar-refractivity contribution is -0.917. The predicted octanol–water partition coefficient (Wildman–Crippen LogP) is 0.615. The monoisotopic (exact) mass is 340 g/mol. The standard InChI is InChI=1S/C17H17N5O3/c1-19(13-20-12-16(22(24)25)7-8-17(20)23)10-14-9-18-21(11-14)15-5-3-2-4-6-15/h2-9,11-12H,10,13H2,1H3/p+1. The molecule has 8 nitrogen and oxygen atoms in total. The van der Waals surface area contributed by atoms with Crippen molar-refractivity contribution in [1.29, 1.82) is 0 Å². The molecule has 25 heavy (non-hydrogen) atoms. The van der Waals surface area contributed by atoms with Crippen LogP contribution in [0, 0.1) is 10.1 Å². The average Bonchev–Trinajstić information content (AvgIpc) is 3.06. The minimum absolute atomic E-state index is 0.0932. The largest absolute Gasteiger partial charge is 0.316 e. The second-order valence-electron chi connectivity index (χ2n) is 5.87. The molecule has 0 aliphatic carbocycles. The summed E-state index contributed by atoms with van der Waals surface area (Å²) < 4.78 is 3.15. The molecule has 0 saturated heterocycles. The first kappa shape index (κ1) is 16.6. The summed E-state index contributed by atoms with van der Waals surface area (Å²) in [5.41, 5.74) is 1.63. The minimum atomic E-state index is -0.505. The molecule has 1 N–H and O–H groups in total. The van der Waals surface area contributed by atoms with Crippen molar-refractivity contribution < 1.29 is 9.82 Å².